The lowest BCUT2D eigenvalue weighted by atomic mass is 10.2. The number of carbonyl (C=O) groups is 2. The van der Waals surface area contributed by atoms with Crippen LogP contribution in [-0.2, 0) is 9.53 Å². The van der Waals surface area contributed by atoms with Gasteiger partial charge in [-0.05, 0) is 42.3 Å². The van der Waals surface area contributed by atoms with Crippen molar-refractivity contribution in [2.45, 2.75) is 13.3 Å². The Labute approximate surface area is 146 Å². The molecule has 5 heteroatoms. The standard InChI is InChI=1S/C19H18ClNO3/c1-2-12-24-19(23)15-8-10-16(11-9-15)21-18(22)17(20)13-14-6-4-3-5-7-14/h3-11,13H,2,12H2,1H3,(H,21,22). The normalized spacial score (nSPS) is 11.0. The zero-order valence-corrected chi connectivity index (χ0v) is 14.0. The van der Waals surface area contributed by atoms with E-state index in [0.29, 0.717) is 17.9 Å². The monoisotopic (exact) mass is 343 g/mol. The van der Waals surface area contributed by atoms with Crippen LogP contribution in [-0.4, -0.2) is 18.5 Å². The molecule has 124 valence electrons. The molecule has 0 aromatic heterocycles. The van der Waals surface area contributed by atoms with Gasteiger partial charge >= 0.3 is 5.97 Å². The molecule has 0 saturated heterocycles. The third-order valence-corrected chi connectivity index (χ3v) is 3.41. The number of carbonyl (C=O) groups excluding carboxylic acids is 2. The molecule has 4 nitrogen and oxygen atoms in total. The molecule has 0 aliphatic heterocycles. The van der Waals surface area contributed by atoms with Crippen LogP contribution in [0.15, 0.2) is 59.6 Å². The average molecular weight is 344 g/mol. The summed E-state index contributed by atoms with van der Waals surface area (Å²) in [4.78, 5) is 23.8. The number of amides is 1. The predicted molar refractivity (Wildman–Crippen MR) is 95.9 cm³/mol. The van der Waals surface area contributed by atoms with Gasteiger partial charge in [-0.15, -0.1) is 0 Å². The molecule has 0 fully saturated rings. The van der Waals surface area contributed by atoms with Crippen LogP contribution in [0.5, 0.6) is 0 Å². The summed E-state index contributed by atoms with van der Waals surface area (Å²) in [7, 11) is 0. The first kappa shape index (κ1) is 17.8. The lowest BCUT2D eigenvalue weighted by molar-refractivity contribution is -0.112. The number of hydrogen-bond acceptors (Lipinski definition) is 3. The maximum absolute atomic E-state index is 12.1. The molecule has 1 N–H and O–H groups in total. The highest BCUT2D eigenvalue weighted by atomic mass is 35.5. The highest BCUT2D eigenvalue weighted by Gasteiger charge is 2.09. The molecule has 2 rings (SSSR count). The Bertz CT molecular complexity index is 724. The van der Waals surface area contributed by atoms with E-state index >= 15 is 0 Å². The number of nitrogens with one attached hydrogen (secondary N) is 1. The van der Waals surface area contributed by atoms with Crippen molar-refractivity contribution in [3.63, 3.8) is 0 Å². The van der Waals surface area contributed by atoms with E-state index in [1.807, 2.05) is 37.3 Å². The van der Waals surface area contributed by atoms with Gasteiger partial charge in [-0.3, -0.25) is 4.79 Å². The van der Waals surface area contributed by atoms with Crippen LogP contribution < -0.4 is 5.32 Å². The summed E-state index contributed by atoms with van der Waals surface area (Å²) in [6, 6.07) is 15.8. The average Bonchev–Trinajstić information content (AvgIpc) is 2.61. The lowest BCUT2D eigenvalue weighted by Crippen LogP contribution is -2.12. The van der Waals surface area contributed by atoms with Crippen molar-refractivity contribution in [1.82, 2.24) is 0 Å². The molecule has 0 heterocycles. The second-order valence-electron chi connectivity index (χ2n) is 5.07. The third-order valence-electron chi connectivity index (χ3n) is 3.13. The fourth-order valence-electron chi connectivity index (χ4n) is 1.92. The van der Waals surface area contributed by atoms with Crippen LogP contribution in [0, 0.1) is 0 Å². The maximum atomic E-state index is 12.1. The highest BCUT2D eigenvalue weighted by molar-refractivity contribution is 6.45. The Morgan fingerprint density at radius 3 is 2.38 bits per heavy atom. The molecular weight excluding hydrogens is 326 g/mol. The Morgan fingerprint density at radius 1 is 1.08 bits per heavy atom. The summed E-state index contributed by atoms with van der Waals surface area (Å²) < 4.78 is 5.05. The summed E-state index contributed by atoms with van der Waals surface area (Å²) in [5, 5.41) is 2.76. The molecule has 0 bridgehead atoms. The van der Waals surface area contributed by atoms with Gasteiger partial charge in [-0.25, -0.2) is 4.79 Å². The fourth-order valence-corrected chi connectivity index (χ4v) is 2.09. The lowest BCUT2D eigenvalue weighted by Gasteiger charge is -2.06. The first-order valence-corrected chi connectivity index (χ1v) is 7.98. The minimum atomic E-state index is -0.415. The molecule has 0 aliphatic carbocycles. The van der Waals surface area contributed by atoms with Gasteiger partial charge in [0.05, 0.1) is 12.2 Å². The third kappa shape index (κ3) is 5.25. The Balaban J connectivity index is 1.99. The van der Waals surface area contributed by atoms with Crippen molar-refractivity contribution in [2.24, 2.45) is 0 Å². The quantitative estimate of drug-likeness (QED) is 0.621. The number of hydrogen-bond donors (Lipinski definition) is 1. The van der Waals surface area contributed by atoms with E-state index in [-0.39, 0.29) is 11.0 Å². The second-order valence-corrected chi connectivity index (χ2v) is 5.48. The smallest absolute Gasteiger partial charge is 0.338 e. The first-order chi connectivity index (χ1) is 11.6. The van der Waals surface area contributed by atoms with Crippen LogP contribution in [0.1, 0.15) is 29.3 Å². The molecule has 0 aliphatic rings. The topological polar surface area (TPSA) is 55.4 Å². The van der Waals surface area contributed by atoms with Gasteiger partial charge in [0.25, 0.3) is 5.91 Å². The molecule has 24 heavy (non-hydrogen) atoms. The number of anilines is 1. The van der Waals surface area contributed by atoms with Gasteiger partial charge < -0.3 is 10.1 Å². The van der Waals surface area contributed by atoms with Crippen LogP contribution >= 0.6 is 11.6 Å². The molecule has 1 amide bonds. The zero-order valence-electron chi connectivity index (χ0n) is 13.3. The van der Waals surface area contributed by atoms with E-state index < -0.39 is 5.91 Å². The summed E-state index contributed by atoms with van der Waals surface area (Å²) >= 11 is 6.03. The Morgan fingerprint density at radius 2 is 1.75 bits per heavy atom. The minimum Gasteiger partial charge on any atom is -0.462 e. The van der Waals surface area contributed by atoms with Crippen molar-refractivity contribution in [3.05, 3.63) is 70.8 Å². The molecule has 0 spiro atoms. The van der Waals surface area contributed by atoms with Crippen molar-refractivity contribution in [3.8, 4) is 0 Å². The number of esters is 1. The molecule has 2 aromatic rings. The Hall–Kier alpha value is -2.59. The number of benzene rings is 2. The summed E-state index contributed by atoms with van der Waals surface area (Å²) in [5.74, 6) is -0.793. The van der Waals surface area contributed by atoms with Crippen LogP contribution in [0.2, 0.25) is 0 Å². The number of ether oxygens (including phenoxy) is 1. The van der Waals surface area contributed by atoms with Gasteiger partial charge in [-0.1, -0.05) is 48.9 Å². The largest absolute Gasteiger partial charge is 0.462 e. The van der Waals surface area contributed by atoms with Gasteiger partial charge in [-0.2, -0.15) is 0 Å². The van der Waals surface area contributed by atoms with Crippen LogP contribution in [0.4, 0.5) is 5.69 Å². The summed E-state index contributed by atoms with van der Waals surface area (Å²) in [5.41, 5.74) is 1.82. The van der Waals surface area contributed by atoms with Gasteiger partial charge in [0.1, 0.15) is 5.03 Å². The van der Waals surface area contributed by atoms with Crippen molar-refractivity contribution >= 4 is 35.2 Å². The molecule has 0 unspecified atom stereocenters. The fraction of sp³-hybridized carbons (Fsp3) is 0.158. The summed E-state index contributed by atoms with van der Waals surface area (Å²) in [6.45, 7) is 2.32. The van der Waals surface area contributed by atoms with E-state index in [2.05, 4.69) is 5.32 Å². The van der Waals surface area contributed by atoms with Gasteiger partial charge in [0.15, 0.2) is 0 Å². The van der Waals surface area contributed by atoms with Gasteiger partial charge in [0, 0.05) is 5.69 Å². The first-order valence-electron chi connectivity index (χ1n) is 7.61. The zero-order chi connectivity index (χ0) is 17.4. The van der Waals surface area contributed by atoms with E-state index in [1.165, 1.54) is 0 Å². The highest BCUT2D eigenvalue weighted by Crippen LogP contribution is 2.15. The van der Waals surface area contributed by atoms with Crippen LogP contribution in [0.3, 0.4) is 0 Å². The van der Waals surface area contributed by atoms with E-state index in [9.17, 15) is 9.59 Å². The maximum Gasteiger partial charge on any atom is 0.338 e. The van der Waals surface area contributed by atoms with E-state index in [0.717, 1.165) is 12.0 Å². The number of rotatable bonds is 6. The van der Waals surface area contributed by atoms with Crippen molar-refractivity contribution < 1.29 is 14.3 Å². The van der Waals surface area contributed by atoms with E-state index in [4.69, 9.17) is 16.3 Å². The predicted octanol–water partition coefficient (Wildman–Crippen LogP) is 4.47. The Kier molecular flexibility index (Phi) is 6.58. The van der Waals surface area contributed by atoms with Crippen molar-refractivity contribution in [1.29, 1.82) is 0 Å². The molecule has 0 saturated carbocycles. The summed E-state index contributed by atoms with van der Waals surface area (Å²) in [6.07, 6.45) is 2.36. The van der Waals surface area contributed by atoms with Gasteiger partial charge in [0.2, 0.25) is 0 Å². The molecular formula is C19H18ClNO3. The van der Waals surface area contributed by atoms with Crippen LogP contribution in [0.25, 0.3) is 6.08 Å². The molecule has 2 aromatic carbocycles. The van der Waals surface area contributed by atoms with E-state index in [1.54, 1.807) is 30.3 Å². The number of halogens is 1. The molecule has 0 radical (unpaired) electrons. The van der Waals surface area contributed by atoms with Crippen molar-refractivity contribution in [2.75, 3.05) is 11.9 Å². The second kappa shape index (κ2) is 8.89. The minimum absolute atomic E-state index is 0.0765. The molecule has 0 atom stereocenters. The SMILES string of the molecule is CCCOC(=O)c1ccc(NC(=O)C(Cl)=Cc2ccccc2)cc1.